The fourth-order valence-electron chi connectivity index (χ4n) is 4.43. The molecule has 1 aliphatic carbocycles. The van der Waals surface area contributed by atoms with E-state index in [1.165, 1.54) is 0 Å². The molecule has 0 radical (unpaired) electrons. The molecule has 5 rings (SSSR count). The van der Waals surface area contributed by atoms with Gasteiger partial charge >= 0.3 is 0 Å². The highest BCUT2D eigenvalue weighted by Crippen LogP contribution is 2.44. The predicted molar refractivity (Wildman–Crippen MR) is 112 cm³/mol. The Hall–Kier alpha value is -2.80. The van der Waals surface area contributed by atoms with Crippen LogP contribution < -0.4 is 19.7 Å². The number of amides is 1. The molecule has 1 aromatic carbocycles. The summed E-state index contributed by atoms with van der Waals surface area (Å²) >= 11 is 0. The lowest BCUT2D eigenvalue weighted by Gasteiger charge is -2.36. The van der Waals surface area contributed by atoms with Gasteiger partial charge in [0.15, 0.2) is 11.5 Å². The minimum absolute atomic E-state index is 0.131. The molecule has 2 atom stereocenters. The van der Waals surface area contributed by atoms with Gasteiger partial charge in [-0.25, -0.2) is 0 Å². The molecule has 1 saturated carbocycles. The Kier molecular flexibility index (Phi) is 4.77. The van der Waals surface area contributed by atoms with Crippen molar-refractivity contribution in [3.8, 4) is 11.5 Å². The van der Waals surface area contributed by atoms with E-state index in [0.29, 0.717) is 5.69 Å². The number of benzene rings is 1. The number of morpholine rings is 1. The molecule has 3 heterocycles. The zero-order valence-corrected chi connectivity index (χ0v) is 17.4. The smallest absolute Gasteiger partial charge is 0.270 e. The van der Waals surface area contributed by atoms with Gasteiger partial charge in [0, 0.05) is 36.1 Å². The van der Waals surface area contributed by atoms with Crippen LogP contribution in [-0.4, -0.2) is 48.5 Å². The van der Waals surface area contributed by atoms with Crippen molar-refractivity contribution in [2.24, 2.45) is 0 Å². The van der Waals surface area contributed by atoms with Crippen LogP contribution in [0.1, 0.15) is 42.7 Å². The first-order valence-electron chi connectivity index (χ1n) is 10.6. The second kappa shape index (κ2) is 7.47. The van der Waals surface area contributed by atoms with Crippen LogP contribution in [0.25, 0.3) is 0 Å². The summed E-state index contributed by atoms with van der Waals surface area (Å²) in [5.74, 6) is 1.44. The quantitative estimate of drug-likeness (QED) is 0.819. The molecule has 7 heteroatoms. The average Bonchev–Trinajstić information content (AvgIpc) is 3.29. The van der Waals surface area contributed by atoms with E-state index in [1.807, 2.05) is 30.3 Å². The second-order valence-corrected chi connectivity index (χ2v) is 8.62. The molecule has 158 valence electrons. The summed E-state index contributed by atoms with van der Waals surface area (Å²) in [6.45, 7) is 6.01. The van der Waals surface area contributed by atoms with Crippen molar-refractivity contribution in [1.29, 1.82) is 0 Å². The summed E-state index contributed by atoms with van der Waals surface area (Å²) in [6.07, 6.45) is 4.65. The number of fused-ring (bicyclic) bond motifs is 1. The lowest BCUT2D eigenvalue weighted by molar-refractivity contribution is -0.00522. The van der Waals surface area contributed by atoms with Gasteiger partial charge in [0.2, 0.25) is 6.79 Å². The summed E-state index contributed by atoms with van der Waals surface area (Å²) < 4.78 is 16.9. The molecule has 7 nitrogen and oxygen atoms in total. The number of ether oxygens (including phenoxy) is 3. The molecule has 3 aliphatic rings. The van der Waals surface area contributed by atoms with Crippen LogP contribution in [0.4, 0.5) is 5.69 Å². The largest absolute Gasteiger partial charge is 0.454 e. The highest BCUT2D eigenvalue weighted by atomic mass is 16.7. The van der Waals surface area contributed by atoms with E-state index in [-0.39, 0.29) is 30.4 Å². The van der Waals surface area contributed by atoms with Gasteiger partial charge in [0.05, 0.1) is 12.2 Å². The number of carbonyl (C=O) groups is 1. The van der Waals surface area contributed by atoms with Crippen molar-refractivity contribution >= 4 is 11.6 Å². The number of rotatable bonds is 5. The normalized spacial score (nSPS) is 23.9. The van der Waals surface area contributed by atoms with Crippen LogP contribution in [0.5, 0.6) is 11.5 Å². The average molecular weight is 409 g/mol. The Morgan fingerprint density at radius 2 is 2.00 bits per heavy atom. The first-order valence-corrected chi connectivity index (χ1v) is 10.6. The van der Waals surface area contributed by atoms with E-state index < -0.39 is 0 Å². The van der Waals surface area contributed by atoms with E-state index >= 15 is 0 Å². The molecule has 1 saturated heterocycles. The third-order valence-electron chi connectivity index (χ3n) is 6.00. The number of nitrogens with zero attached hydrogens (tertiary/aromatic N) is 2. The Balaban J connectivity index is 1.29. The second-order valence-electron chi connectivity index (χ2n) is 8.62. The first-order chi connectivity index (χ1) is 14.5. The minimum atomic E-state index is -0.238. The number of hydrogen-bond acceptors (Lipinski definition) is 6. The van der Waals surface area contributed by atoms with E-state index in [0.717, 1.165) is 55.1 Å². The highest BCUT2D eigenvalue weighted by Gasteiger charge is 2.45. The van der Waals surface area contributed by atoms with Crippen LogP contribution in [0.3, 0.4) is 0 Å². The maximum Gasteiger partial charge on any atom is 0.270 e. The van der Waals surface area contributed by atoms with Gasteiger partial charge in [-0.05, 0) is 51.3 Å². The van der Waals surface area contributed by atoms with Crippen LogP contribution in [0.15, 0.2) is 36.5 Å². The van der Waals surface area contributed by atoms with E-state index in [2.05, 4.69) is 29.0 Å². The van der Waals surface area contributed by atoms with Gasteiger partial charge in [-0.15, -0.1) is 0 Å². The Morgan fingerprint density at radius 1 is 1.20 bits per heavy atom. The van der Waals surface area contributed by atoms with Crippen LogP contribution in [0, 0.1) is 0 Å². The number of carbonyl (C=O) groups excluding carboxylic acids is 1. The summed E-state index contributed by atoms with van der Waals surface area (Å²) in [7, 11) is 0. The molecule has 2 fully saturated rings. The zero-order chi connectivity index (χ0) is 20.7. The molecular weight excluding hydrogens is 382 g/mol. The molecule has 0 spiro atoms. The van der Waals surface area contributed by atoms with E-state index in [9.17, 15) is 4.79 Å². The summed E-state index contributed by atoms with van der Waals surface area (Å²) in [6, 6.07) is 9.76. The maximum atomic E-state index is 13.0. The Morgan fingerprint density at radius 3 is 2.77 bits per heavy atom. The third kappa shape index (κ3) is 3.81. The number of pyridine rings is 1. The molecule has 0 bridgehead atoms. The van der Waals surface area contributed by atoms with E-state index in [4.69, 9.17) is 14.2 Å². The fourth-order valence-corrected chi connectivity index (χ4v) is 4.43. The lowest BCUT2D eigenvalue weighted by Crippen LogP contribution is -2.45. The molecule has 2 aliphatic heterocycles. The minimum Gasteiger partial charge on any atom is -0.454 e. The van der Waals surface area contributed by atoms with Crippen molar-refractivity contribution < 1.29 is 19.0 Å². The maximum absolute atomic E-state index is 13.0. The molecule has 1 N–H and O–H groups in total. The molecule has 30 heavy (non-hydrogen) atoms. The number of nitrogens with one attached hydrogen (secondary N) is 1. The lowest BCUT2D eigenvalue weighted by atomic mass is 10.0. The van der Waals surface area contributed by atoms with Crippen LogP contribution >= 0.6 is 0 Å². The summed E-state index contributed by atoms with van der Waals surface area (Å²) in [5, 5.41) is 3.23. The predicted octanol–water partition coefficient (Wildman–Crippen LogP) is 2.93. The SMILES string of the molecule is C[C@@H]1CN(c2ccnc(C(=O)NC3(Cc4cccc5c4OCO5)CC3)c2)C[C@H](C)O1. The van der Waals surface area contributed by atoms with Gasteiger partial charge in [-0.3, -0.25) is 9.78 Å². The number of para-hydroxylation sites is 1. The van der Waals surface area contributed by atoms with E-state index in [1.54, 1.807) is 6.20 Å². The van der Waals surface area contributed by atoms with Gasteiger partial charge in [0.1, 0.15) is 5.69 Å². The number of anilines is 1. The molecular formula is C23H27N3O4. The number of hydrogen-bond donors (Lipinski definition) is 1. The Labute approximate surface area is 176 Å². The molecule has 1 aromatic heterocycles. The Bertz CT molecular complexity index is 949. The van der Waals surface area contributed by atoms with Crippen molar-refractivity contribution in [2.45, 2.75) is 50.9 Å². The van der Waals surface area contributed by atoms with Crippen molar-refractivity contribution in [3.05, 3.63) is 47.8 Å². The van der Waals surface area contributed by atoms with Crippen molar-refractivity contribution in [1.82, 2.24) is 10.3 Å². The van der Waals surface area contributed by atoms with Gasteiger partial charge < -0.3 is 24.4 Å². The standard InChI is InChI=1S/C23H27N3O4/c1-15-12-26(13-16(2)30-15)18-6-9-24-19(10-18)22(27)25-23(7-8-23)11-17-4-3-5-20-21(17)29-14-28-20/h3-6,9-10,15-16H,7-8,11-14H2,1-2H3,(H,25,27)/t15-,16+. The van der Waals surface area contributed by atoms with Gasteiger partial charge in [-0.2, -0.15) is 0 Å². The van der Waals surface area contributed by atoms with Crippen molar-refractivity contribution in [2.75, 3.05) is 24.8 Å². The molecule has 0 unspecified atom stereocenters. The summed E-state index contributed by atoms with van der Waals surface area (Å²) in [4.78, 5) is 19.6. The van der Waals surface area contributed by atoms with Gasteiger partial charge in [-0.1, -0.05) is 12.1 Å². The summed E-state index contributed by atoms with van der Waals surface area (Å²) in [5.41, 5.74) is 2.29. The van der Waals surface area contributed by atoms with Gasteiger partial charge in [0.25, 0.3) is 5.91 Å². The highest BCUT2D eigenvalue weighted by molar-refractivity contribution is 5.94. The van der Waals surface area contributed by atoms with Crippen LogP contribution in [0.2, 0.25) is 0 Å². The monoisotopic (exact) mass is 409 g/mol. The fraction of sp³-hybridized carbons (Fsp3) is 0.478. The number of aromatic nitrogens is 1. The van der Waals surface area contributed by atoms with Crippen LogP contribution in [-0.2, 0) is 11.2 Å². The molecule has 2 aromatic rings. The molecule has 1 amide bonds. The first kappa shape index (κ1) is 19.2. The topological polar surface area (TPSA) is 72.9 Å². The third-order valence-corrected chi connectivity index (χ3v) is 6.00. The van der Waals surface area contributed by atoms with Crippen molar-refractivity contribution in [3.63, 3.8) is 0 Å². The zero-order valence-electron chi connectivity index (χ0n) is 17.4.